The van der Waals surface area contributed by atoms with E-state index in [1.165, 1.54) is 7.11 Å². The van der Waals surface area contributed by atoms with E-state index in [0.29, 0.717) is 18.1 Å². The van der Waals surface area contributed by atoms with Gasteiger partial charge in [-0.3, -0.25) is 9.59 Å². The van der Waals surface area contributed by atoms with Crippen LogP contribution in [0.2, 0.25) is 0 Å². The van der Waals surface area contributed by atoms with Crippen molar-refractivity contribution in [3.63, 3.8) is 0 Å². The van der Waals surface area contributed by atoms with Crippen LogP contribution < -0.4 is 5.32 Å². The number of benzene rings is 1. The number of rotatable bonds is 6. The van der Waals surface area contributed by atoms with Crippen molar-refractivity contribution in [2.24, 2.45) is 0 Å². The van der Waals surface area contributed by atoms with E-state index < -0.39 is 5.97 Å². The second kappa shape index (κ2) is 7.18. The van der Waals surface area contributed by atoms with Crippen LogP contribution in [0.1, 0.15) is 12.3 Å². The van der Waals surface area contributed by atoms with Crippen LogP contribution in [-0.2, 0) is 20.7 Å². The number of aromatic nitrogens is 2. The molecule has 2 rings (SSSR count). The first-order valence-electron chi connectivity index (χ1n) is 6.40. The fraction of sp³-hybridized carbons (Fsp3) is 0.286. The number of hydrogen-bond acceptors (Lipinski definition) is 6. The van der Waals surface area contributed by atoms with Crippen molar-refractivity contribution in [2.45, 2.75) is 12.8 Å². The van der Waals surface area contributed by atoms with Crippen LogP contribution in [0.25, 0.3) is 11.4 Å². The lowest BCUT2D eigenvalue weighted by molar-refractivity contribution is -0.141. The van der Waals surface area contributed by atoms with E-state index in [-0.39, 0.29) is 18.9 Å². The average molecular weight is 289 g/mol. The minimum Gasteiger partial charge on any atom is -0.468 e. The van der Waals surface area contributed by atoms with E-state index in [4.69, 9.17) is 4.52 Å². The zero-order chi connectivity index (χ0) is 15.1. The summed E-state index contributed by atoms with van der Waals surface area (Å²) in [7, 11) is 1.26. The Morgan fingerprint density at radius 2 is 2.05 bits per heavy atom. The van der Waals surface area contributed by atoms with E-state index in [9.17, 15) is 9.59 Å². The van der Waals surface area contributed by atoms with Crippen LogP contribution in [0.3, 0.4) is 0 Å². The molecule has 0 aliphatic carbocycles. The Kier molecular flexibility index (Phi) is 5.03. The van der Waals surface area contributed by atoms with Gasteiger partial charge in [-0.2, -0.15) is 4.98 Å². The normalized spacial score (nSPS) is 10.1. The zero-order valence-electron chi connectivity index (χ0n) is 11.5. The third kappa shape index (κ3) is 4.41. The predicted octanol–water partition coefficient (Wildman–Crippen LogP) is 0.958. The van der Waals surface area contributed by atoms with Crippen LogP contribution in [-0.4, -0.2) is 35.7 Å². The molecule has 0 atom stereocenters. The maximum absolute atomic E-state index is 11.5. The number of methoxy groups -OCH3 is 1. The highest BCUT2D eigenvalue weighted by Gasteiger charge is 2.11. The van der Waals surface area contributed by atoms with Gasteiger partial charge in [0.15, 0.2) is 0 Å². The van der Waals surface area contributed by atoms with Crippen LogP contribution in [0.4, 0.5) is 0 Å². The van der Waals surface area contributed by atoms with Gasteiger partial charge >= 0.3 is 5.97 Å². The molecule has 1 heterocycles. The molecule has 0 unspecified atom stereocenters. The third-order valence-corrected chi connectivity index (χ3v) is 2.72. The molecular formula is C14H15N3O4. The van der Waals surface area contributed by atoms with Crippen molar-refractivity contribution in [1.82, 2.24) is 15.5 Å². The second-order valence-electron chi connectivity index (χ2n) is 4.23. The molecule has 1 aromatic carbocycles. The summed E-state index contributed by atoms with van der Waals surface area (Å²) in [6.45, 7) is -0.144. The van der Waals surface area contributed by atoms with Crippen LogP contribution in [0.5, 0.6) is 0 Å². The van der Waals surface area contributed by atoms with Gasteiger partial charge in [0, 0.05) is 18.4 Å². The van der Waals surface area contributed by atoms with E-state index in [1.807, 2.05) is 30.3 Å². The van der Waals surface area contributed by atoms with Gasteiger partial charge in [-0.15, -0.1) is 0 Å². The Labute approximate surface area is 121 Å². The highest BCUT2D eigenvalue weighted by atomic mass is 16.5. The smallest absolute Gasteiger partial charge is 0.325 e. The number of aryl methyl sites for hydroxylation is 1. The molecule has 1 N–H and O–H groups in total. The maximum Gasteiger partial charge on any atom is 0.325 e. The van der Waals surface area contributed by atoms with Crippen molar-refractivity contribution in [2.75, 3.05) is 13.7 Å². The molecule has 7 heteroatoms. The molecule has 0 fully saturated rings. The lowest BCUT2D eigenvalue weighted by Crippen LogP contribution is -2.30. The van der Waals surface area contributed by atoms with Crippen LogP contribution in [0, 0.1) is 0 Å². The topological polar surface area (TPSA) is 94.3 Å². The molecule has 110 valence electrons. The summed E-state index contributed by atoms with van der Waals surface area (Å²) in [5, 5.41) is 6.30. The lowest BCUT2D eigenvalue weighted by Gasteiger charge is -2.01. The summed E-state index contributed by atoms with van der Waals surface area (Å²) in [6.07, 6.45) is 0.472. The molecule has 7 nitrogen and oxygen atoms in total. The summed E-state index contributed by atoms with van der Waals surface area (Å²) in [5.74, 6) is 0.0926. The van der Waals surface area contributed by atoms with Gasteiger partial charge in [0.05, 0.1) is 7.11 Å². The van der Waals surface area contributed by atoms with E-state index in [2.05, 4.69) is 20.2 Å². The summed E-state index contributed by atoms with van der Waals surface area (Å²) >= 11 is 0. The molecule has 21 heavy (non-hydrogen) atoms. The maximum atomic E-state index is 11.5. The summed E-state index contributed by atoms with van der Waals surface area (Å²) in [5.41, 5.74) is 0.850. The zero-order valence-corrected chi connectivity index (χ0v) is 11.5. The summed E-state index contributed by atoms with van der Waals surface area (Å²) in [6, 6.07) is 9.41. The second-order valence-corrected chi connectivity index (χ2v) is 4.23. The number of esters is 1. The predicted molar refractivity (Wildman–Crippen MR) is 73.1 cm³/mol. The standard InChI is InChI=1S/C14H15N3O4/c1-20-13(19)9-15-11(18)7-8-12-16-14(17-21-12)10-5-3-2-4-6-10/h2-6H,7-9H2,1H3,(H,15,18). The first kappa shape index (κ1) is 14.7. The van der Waals surface area contributed by atoms with E-state index in [0.717, 1.165) is 5.56 Å². The van der Waals surface area contributed by atoms with Gasteiger partial charge in [0.1, 0.15) is 6.54 Å². The van der Waals surface area contributed by atoms with Crippen LogP contribution in [0.15, 0.2) is 34.9 Å². The first-order valence-corrected chi connectivity index (χ1v) is 6.40. The molecule has 0 spiro atoms. The Morgan fingerprint density at radius 1 is 1.29 bits per heavy atom. The fourth-order valence-corrected chi connectivity index (χ4v) is 1.61. The molecule has 0 bridgehead atoms. The molecule has 1 aromatic heterocycles. The molecule has 0 saturated carbocycles. The number of hydrogen-bond donors (Lipinski definition) is 1. The van der Waals surface area contributed by atoms with Crippen molar-refractivity contribution in [3.05, 3.63) is 36.2 Å². The highest BCUT2D eigenvalue weighted by Crippen LogP contribution is 2.15. The van der Waals surface area contributed by atoms with Gasteiger partial charge in [-0.25, -0.2) is 0 Å². The number of carbonyl (C=O) groups excluding carboxylic acids is 2. The monoisotopic (exact) mass is 289 g/mol. The van der Waals surface area contributed by atoms with Gasteiger partial charge in [-0.1, -0.05) is 35.5 Å². The number of carbonyl (C=O) groups is 2. The van der Waals surface area contributed by atoms with E-state index >= 15 is 0 Å². The molecule has 0 radical (unpaired) electrons. The quantitative estimate of drug-likeness (QED) is 0.796. The van der Waals surface area contributed by atoms with Crippen molar-refractivity contribution >= 4 is 11.9 Å². The Morgan fingerprint density at radius 3 is 2.76 bits per heavy atom. The van der Waals surface area contributed by atoms with E-state index in [1.54, 1.807) is 0 Å². The van der Waals surface area contributed by atoms with Gasteiger partial charge in [-0.05, 0) is 0 Å². The molecule has 0 aliphatic rings. The summed E-state index contributed by atoms with van der Waals surface area (Å²) in [4.78, 5) is 26.6. The minimum absolute atomic E-state index is 0.144. The SMILES string of the molecule is COC(=O)CNC(=O)CCc1nc(-c2ccccc2)no1. The fourth-order valence-electron chi connectivity index (χ4n) is 1.61. The van der Waals surface area contributed by atoms with Crippen LogP contribution >= 0.6 is 0 Å². The minimum atomic E-state index is -0.493. The van der Waals surface area contributed by atoms with Gasteiger partial charge in [0.25, 0.3) is 0 Å². The molecular weight excluding hydrogens is 274 g/mol. The highest BCUT2D eigenvalue weighted by molar-refractivity contribution is 5.81. The number of nitrogens with one attached hydrogen (secondary N) is 1. The lowest BCUT2D eigenvalue weighted by atomic mass is 10.2. The third-order valence-electron chi connectivity index (χ3n) is 2.72. The van der Waals surface area contributed by atoms with Crippen molar-refractivity contribution in [3.8, 4) is 11.4 Å². The first-order chi connectivity index (χ1) is 10.2. The molecule has 2 aromatic rings. The Balaban J connectivity index is 1.83. The molecule has 0 aliphatic heterocycles. The summed E-state index contributed by atoms with van der Waals surface area (Å²) < 4.78 is 9.50. The largest absolute Gasteiger partial charge is 0.468 e. The average Bonchev–Trinajstić information content (AvgIpc) is 3.00. The van der Waals surface area contributed by atoms with Crippen molar-refractivity contribution in [1.29, 1.82) is 0 Å². The van der Waals surface area contributed by atoms with Crippen molar-refractivity contribution < 1.29 is 18.8 Å². The number of nitrogens with zero attached hydrogens (tertiary/aromatic N) is 2. The molecule has 1 amide bonds. The number of amides is 1. The Bertz CT molecular complexity index is 610. The van der Waals surface area contributed by atoms with Gasteiger partial charge < -0.3 is 14.6 Å². The number of ether oxygens (including phenoxy) is 1. The Hall–Kier alpha value is -2.70. The van der Waals surface area contributed by atoms with Gasteiger partial charge in [0.2, 0.25) is 17.6 Å². The molecule has 0 saturated heterocycles.